The smallest absolute Gasteiger partial charge is 0.329 e. The number of hydrogen-bond donors (Lipinski definition) is 2. The van der Waals surface area contributed by atoms with Gasteiger partial charge in [0.1, 0.15) is 6.20 Å². The summed E-state index contributed by atoms with van der Waals surface area (Å²) in [5, 5.41) is 14.7. The van der Waals surface area contributed by atoms with Crippen LogP contribution in [0.4, 0.5) is 17.5 Å². The summed E-state index contributed by atoms with van der Waals surface area (Å²) in [6.45, 7) is 2.14. The highest BCUT2D eigenvalue weighted by molar-refractivity contribution is 7.99. The van der Waals surface area contributed by atoms with Crippen molar-refractivity contribution in [2.45, 2.75) is 37.5 Å². The van der Waals surface area contributed by atoms with Gasteiger partial charge in [-0.1, -0.05) is 6.92 Å². The molecule has 1 aliphatic carbocycles. The van der Waals surface area contributed by atoms with E-state index in [-0.39, 0.29) is 23.5 Å². The second-order valence-corrected chi connectivity index (χ2v) is 6.03. The van der Waals surface area contributed by atoms with Gasteiger partial charge in [-0.05, 0) is 25.0 Å². The summed E-state index contributed by atoms with van der Waals surface area (Å²) in [5.74, 6) is 1.37. The number of thioether (sulfide) groups is 1. The van der Waals surface area contributed by atoms with E-state index < -0.39 is 4.92 Å². The standard InChI is InChI=1S/C11H17N5O2S/c1-2-19-8-4-3-7(5-8)14-10-9(16(17)18)6-13-11(12)15-10/h6-8H,2-5H2,1H3,(H3,12,13,14,15). The second-order valence-electron chi connectivity index (χ2n) is 4.45. The highest BCUT2D eigenvalue weighted by Gasteiger charge is 2.27. The number of nitrogen functional groups attached to an aromatic ring is 1. The number of nitrogens with one attached hydrogen (secondary N) is 1. The van der Waals surface area contributed by atoms with E-state index in [2.05, 4.69) is 22.2 Å². The maximum atomic E-state index is 10.9. The van der Waals surface area contributed by atoms with Crippen molar-refractivity contribution in [3.05, 3.63) is 16.3 Å². The van der Waals surface area contributed by atoms with E-state index in [1.54, 1.807) is 0 Å². The van der Waals surface area contributed by atoms with Crippen molar-refractivity contribution in [2.75, 3.05) is 16.8 Å². The molecule has 19 heavy (non-hydrogen) atoms. The fraction of sp³-hybridized carbons (Fsp3) is 0.636. The molecule has 8 heteroatoms. The Morgan fingerprint density at radius 2 is 2.42 bits per heavy atom. The molecule has 0 aliphatic heterocycles. The van der Waals surface area contributed by atoms with Crippen LogP contribution in [0, 0.1) is 10.1 Å². The summed E-state index contributed by atoms with van der Waals surface area (Å²) in [5.41, 5.74) is 5.36. The van der Waals surface area contributed by atoms with Crippen LogP contribution in [0.15, 0.2) is 6.20 Å². The molecular formula is C11H17N5O2S. The molecule has 0 radical (unpaired) electrons. The third-order valence-electron chi connectivity index (χ3n) is 3.11. The lowest BCUT2D eigenvalue weighted by atomic mass is 10.2. The monoisotopic (exact) mass is 283 g/mol. The highest BCUT2D eigenvalue weighted by Crippen LogP contribution is 2.32. The molecule has 2 atom stereocenters. The largest absolute Gasteiger partial charge is 0.368 e. The van der Waals surface area contributed by atoms with Crippen LogP contribution in [0.3, 0.4) is 0 Å². The lowest BCUT2D eigenvalue weighted by Crippen LogP contribution is -2.18. The molecule has 0 spiro atoms. The normalized spacial score (nSPS) is 22.4. The van der Waals surface area contributed by atoms with Gasteiger partial charge in [-0.3, -0.25) is 10.1 Å². The van der Waals surface area contributed by atoms with Gasteiger partial charge in [0.15, 0.2) is 0 Å². The molecule has 0 amide bonds. The van der Waals surface area contributed by atoms with E-state index in [0.29, 0.717) is 5.25 Å². The number of nitrogens with two attached hydrogens (primary N) is 1. The van der Waals surface area contributed by atoms with Crippen LogP contribution in [-0.2, 0) is 0 Å². The fourth-order valence-corrected chi connectivity index (χ4v) is 3.42. The van der Waals surface area contributed by atoms with Crippen LogP contribution < -0.4 is 11.1 Å². The Kier molecular flexibility index (Phi) is 4.41. The number of rotatable bonds is 5. The van der Waals surface area contributed by atoms with Crippen molar-refractivity contribution in [3.8, 4) is 0 Å². The minimum atomic E-state index is -0.491. The molecule has 1 fully saturated rings. The predicted molar refractivity (Wildman–Crippen MR) is 76.3 cm³/mol. The minimum absolute atomic E-state index is 0.0468. The van der Waals surface area contributed by atoms with Crippen molar-refractivity contribution in [3.63, 3.8) is 0 Å². The average Bonchev–Trinajstić information content (AvgIpc) is 2.77. The molecule has 0 aromatic carbocycles. The topological polar surface area (TPSA) is 107 Å². The zero-order valence-electron chi connectivity index (χ0n) is 10.7. The molecule has 3 N–H and O–H groups in total. The first-order chi connectivity index (χ1) is 9.10. The highest BCUT2D eigenvalue weighted by atomic mass is 32.2. The third-order valence-corrected chi connectivity index (χ3v) is 4.35. The van der Waals surface area contributed by atoms with Crippen molar-refractivity contribution in [1.82, 2.24) is 9.97 Å². The second kappa shape index (κ2) is 6.05. The molecule has 2 unspecified atom stereocenters. The molecule has 1 heterocycles. The van der Waals surface area contributed by atoms with Crippen LogP contribution in [0.25, 0.3) is 0 Å². The van der Waals surface area contributed by atoms with E-state index >= 15 is 0 Å². The Balaban J connectivity index is 2.07. The van der Waals surface area contributed by atoms with Gasteiger partial charge in [0, 0.05) is 11.3 Å². The van der Waals surface area contributed by atoms with Gasteiger partial charge in [0.2, 0.25) is 11.8 Å². The van der Waals surface area contributed by atoms with Gasteiger partial charge >= 0.3 is 5.69 Å². The molecule has 2 rings (SSSR count). The van der Waals surface area contributed by atoms with Gasteiger partial charge in [-0.15, -0.1) is 0 Å². The van der Waals surface area contributed by atoms with Gasteiger partial charge in [0.05, 0.1) is 4.92 Å². The zero-order valence-corrected chi connectivity index (χ0v) is 11.5. The summed E-state index contributed by atoms with van der Waals surface area (Å²) in [4.78, 5) is 18.0. The lowest BCUT2D eigenvalue weighted by Gasteiger charge is -2.13. The van der Waals surface area contributed by atoms with E-state index in [9.17, 15) is 10.1 Å². The predicted octanol–water partition coefficient (Wildman–Crippen LogP) is 2.05. The quantitative estimate of drug-likeness (QED) is 0.629. The van der Waals surface area contributed by atoms with Crippen molar-refractivity contribution < 1.29 is 4.92 Å². The lowest BCUT2D eigenvalue weighted by molar-refractivity contribution is -0.384. The summed E-state index contributed by atoms with van der Waals surface area (Å²) < 4.78 is 0. The SMILES string of the molecule is CCSC1CCC(Nc2nc(N)ncc2[N+](=O)[O-])C1. The van der Waals surface area contributed by atoms with E-state index in [1.165, 1.54) is 0 Å². The number of nitro groups is 1. The van der Waals surface area contributed by atoms with Gasteiger partial charge in [0.25, 0.3) is 0 Å². The molecule has 7 nitrogen and oxygen atoms in total. The van der Waals surface area contributed by atoms with Crippen LogP contribution >= 0.6 is 11.8 Å². The van der Waals surface area contributed by atoms with Crippen molar-refractivity contribution >= 4 is 29.2 Å². The summed E-state index contributed by atoms with van der Waals surface area (Å²) in [7, 11) is 0. The maximum absolute atomic E-state index is 10.9. The summed E-state index contributed by atoms with van der Waals surface area (Å²) in [6, 6.07) is 0.219. The van der Waals surface area contributed by atoms with Crippen molar-refractivity contribution in [2.24, 2.45) is 0 Å². The molecule has 1 aromatic rings. The Labute approximate surface area is 115 Å². The third kappa shape index (κ3) is 3.46. The molecule has 1 aliphatic rings. The van der Waals surface area contributed by atoms with Crippen molar-refractivity contribution in [1.29, 1.82) is 0 Å². The molecule has 1 aromatic heterocycles. The number of aromatic nitrogens is 2. The van der Waals surface area contributed by atoms with E-state index in [1.807, 2.05) is 11.8 Å². The molecule has 0 bridgehead atoms. The van der Waals surface area contributed by atoms with Gasteiger partial charge in [-0.2, -0.15) is 16.7 Å². The molecule has 1 saturated carbocycles. The summed E-state index contributed by atoms with van der Waals surface area (Å²) in [6.07, 6.45) is 4.28. The number of anilines is 2. The first-order valence-electron chi connectivity index (χ1n) is 6.25. The number of hydrogen-bond acceptors (Lipinski definition) is 7. The Bertz CT molecular complexity index is 470. The molecule has 0 saturated heterocycles. The summed E-state index contributed by atoms with van der Waals surface area (Å²) >= 11 is 1.94. The van der Waals surface area contributed by atoms with Gasteiger partial charge < -0.3 is 11.1 Å². The number of nitrogens with zero attached hydrogens (tertiary/aromatic N) is 3. The first-order valence-corrected chi connectivity index (χ1v) is 7.30. The Hall–Kier alpha value is -1.57. The van der Waals surface area contributed by atoms with E-state index in [0.717, 1.165) is 31.2 Å². The van der Waals surface area contributed by atoms with Crippen LogP contribution in [-0.4, -0.2) is 31.9 Å². The minimum Gasteiger partial charge on any atom is -0.368 e. The Morgan fingerprint density at radius 3 is 3.11 bits per heavy atom. The van der Waals surface area contributed by atoms with Gasteiger partial charge in [-0.25, -0.2) is 4.98 Å². The zero-order chi connectivity index (χ0) is 13.8. The van der Waals surface area contributed by atoms with Crippen LogP contribution in [0.2, 0.25) is 0 Å². The fourth-order valence-electron chi connectivity index (χ4n) is 2.28. The molecule has 104 valence electrons. The Morgan fingerprint density at radius 1 is 1.63 bits per heavy atom. The van der Waals surface area contributed by atoms with E-state index in [4.69, 9.17) is 5.73 Å². The first kappa shape index (κ1) is 13.9. The average molecular weight is 283 g/mol. The maximum Gasteiger partial charge on any atom is 0.329 e. The van der Waals surface area contributed by atoms with Crippen LogP contribution in [0.1, 0.15) is 26.2 Å². The van der Waals surface area contributed by atoms with Crippen LogP contribution in [0.5, 0.6) is 0 Å². The molecular weight excluding hydrogens is 266 g/mol.